The first-order valence-electron chi connectivity index (χ1n) is 9.80. The molecule has 0 bridgehead atoms. The summed E-state index contributed by atoms with van der Waals surface area (Å²) in [7, 11) is 1.65. The van der Waals surface area contributed by atoms with E-state index in [1.165, 1.54) is 11.8 Å². The third kappa shape index (κ3) is 4.78. The Bertz CT molecular complexity index is 1190. The van der Waals surface area contributed by atoms with Crippen molar-refractivity contribution in [2.45, 2.75) is 18.1 Å². The number of hydrogen-bond donors (Lipinski definition) is 2. The van der Waals surface area contributed by atoms with E-state index in [9.17, 15) is 4.79 Å². The molecule has 0 saturated heterocycles. The Morgan fingerprint density at radius 3 is 2.94 bits per heavy atom. The molecular formula is C20H23N7O3S. The van der Waals surface area contributed by atoms with Crippen molar-refractivity contribution in [1.82, 2.24) is 30.2 Å². The van der Waals surface area contributed by atoms with Gasteiger partial charge in [0.15, 0.2) is 16.4 Å². The fraction of sp³-hybridized carbons (Fsp3) is 0.350. The van der Waals surface area contributed by atoms with Crippen LogP contribution in [0.5, 0.6) is 0 Å². The second-order valence-corrected chi connectivity index (χ2v) is 7.51. The Morgan fingerprint density at radius 2 is 2.10 bits per heavy atom. The third-order valence-electron chi connectivity index (χ3n) is 4.68. The molecule has 0 unspecified atom stereocenters. The SMILES string of the molecule is COCCNc1nc(SC)nc2c1cnn2CCNC(=O)Cc1noc2ccccc12. The van der Waals surface area contributed by atoms with E-state index in [4.69, 9.17) is 9.26 Å². The van der Waals surface area contributed by atoms with E-state index in [0.29, 0.717) is 42.7 Å². The first-order valence-corrected chi connectivity index (χ1v) is 11.0. The van der Waals surface area contributed by atoms with Gasteiger partial charge in [-0.3, -0.25) is 4.79 Å². The van der Waals surface area contributed by atoms with Gasteiger partial charge in [0.05, 0.1) is 31.2 Å². The molecule has 11 heteroatoms. The molecule has 162 valence electrons. The number of fused-ring (bicyclic) bond motifs is 2. The molecule has 3 aromatic heterocycles. The number of nitrogens with one attached hydrogen (secondary N) is 2. The van der Waals surface area contributed by atoms with E-state index in [1.807, 2.05) is 30.5 Å². The number of carbonyl (C=O) groups excluding carboxylic acids is 1. The Hall–Kier alpha value is -3.18. The molecule has 0 fully saturated rings. The molecule has 2 N–H and O–H groups in total. The predicted octanol–water partition coefficient (Wildman–Crippen LogP) is 2.11. The molecule has 0 saturated carbocycles. The van der Waals surface area contributed by atoms with Gasteiger partial charge in [-0.1, -0.05) is 29.1 Å². The van der Waals surface area contributed by atoms with Crippen molar-refractivity contribution in [3.63, 3.8) is 0 Å². The molecule has 0 aliphatic heterocycles. The molecule has 0 atom stereocenters. The lowest BCUT2D eigenvalue weighted by Gasteiger charge is -2.09. The molecule has 0 aliphatic carbocycles. The fourth-order valence-corrected chi connectivity index (χ4v) is 3.54. The Morgan fingerprint density at radius 1 is 1.23 bits per heavy atom. The van der Waals surface area contributed by atoms with Crippen molar-refractivity contribution in [2.75, 3.05) is 38.4 Å². The van der Waals surface area contributed by atoms with Crippen molar-refractivity contribution < 1.29 is 14.1 Å². The van der Waals surface area contributed by atoms with Gasteiger partial charge in [0.1, 0.15) is 11.5 Å². The Balaban J connectivity index is 1.40. The highest BCUT2D eigenvalue weighted by molar-refractivity contribution is 7.98. The molecular weight excluding hydrogens is 418 g/mol. The highest BCUT2D eigenvalue weighted by Crippen LogP contribution is 2.23. The minimum Gasteiger partial charge on any atom is -0.383 e. The van der Waals surface area contributed by atoms with Crippen molar-refractivity contribution in [3.05, 3.63) is 36.2 Å². The minimum atomic E-state index is -0.128. The first kappa shape index (κ1) is 21.1. The topological polar surface area (TPSA) is 120 Å². The van der Waals surface area contributed by atoms with Gasteiger partial charge in [0.2, 0.25) is 5.91 Å². The van der Waals surface area contributed by atoms with Crippen LogP contribution in [0, 0.1) is 0 Å². The van der Waals surface area contributed by atoms with Crippen LogP contribution in [0.3, 0.4) is 0 Å². The van der Waals surface area contributed by atoms with Crippen LogP contribution in [0.1, 0.15) is 5.69 Å². The van der Waals surface area contributed by atoms with Crippen LogP contribution in [-0.4, -0.2) is 63.9 Å². The summed E-state index contributed by atoms with van der Waals surface area (Å²) in [4.78, 5) is 21.5. The zero-order valence-corrected chi connectivity index (χ0v) is 18.1. The normalized spacial score (nSPS) is 11.3. The van der Waals surface area contributed by atoms with E-state index in [1.54, 1.807) is 18.0 Å². The lowest BCUT2D eigenvalue weighted by molar-refractivity contribution is -0.120. The highest BCUT2D eigenvalue weighted by atomic mass is 32.2. The van der Waals surface area contributed by atoms with Crippen LogP contribution in [0.2, 0.25) is 0 Å². The largest absolute Gasteiger partial charge is 0.383 e. The highest BCUT2D eigenvalue weighted by Gasteiger charge is 2.14. The predicted molar refractivity (Wildman–Crippen MR) is 118 cm³/mol. The van der Waals surface area contributed by atoms with E-state index in [0.717, 1.165) is 22.2 Å². The number of thioether (sulfide) groups is 1. The molecule has 4 aromatic rings. The average molecular weight is 442 g/mol. The quantitative estimate of drug-likeness (QED) is 0.216. The number of methoxy groups -OCH3 is 1. The molecule has 0 radical (unpaired) electrons. The summed E-state index contributed by atoms with van der Waals surface area (Å²) < 4.78 is 12.1. The van der Waals surface area contributed by atoms with E-state index >= 15 is 0 Å². The molecule has 1 amide bonds. The first-order chi connectivity index (χ1) is 15.2. The van der Waals surface area contributed by atoms with Crippen LogP contribution >= 0.6 is 11.8 Å². The van der Waals surface area contributed by atoms with Gasteiger partial charge in [-0.15, -0.1) is 0 Å². The lowest BCUT2D eigenvalue weighted by atomic mass is 10.1. The maximum Gasteiger partial charge on any atom is 0.226 e. The van der Waals surface area contributed by atoms with E-state index < -0.39 is 0 Å². The summed E-state index contributed by atoms with van der Waals surface area (Å²) in [5, 5.41) is 16.9. The summed E-state index contributed by atoms with van der Waals surface area (Å²) in [5.41, 5.74) is 2.02. The molecule has 3 heterocycles. The summed E-state index contributed by atoms with van der Waals surface area (Å²) in [6.45, 7) is 2.10. The molecule has 0 aliphatic rings. The van der Waals surface area contributed by atoms with Gasteiger partial charge in [-0.2, -0.15) is 5.10 Å². The maximum atomic E-state index is 12.4. The number of carbonyl (C=O) groups is 1. The zero-order valence-electron chi connectivity index (χ0n) is 17.3. The van der Waals surface area contributed by atoms with Crippen LogP contribution in [0.15, 0.2) is 40.1 Å². The second-order valence-electron chi connectivity index (χ2n) is 6.74. The molecule has 4 rings (SSSR count). The van der Waals surface area contributed by atoms with E-state index in [2.05, 4.69) is 30.9 Å². The van der Waals surface area contributed by atoms with Crippen molar-refractivity contribution in [1.29, 1.82) is 0 Å². The summed E-state index contributed by atoms with van der Waals surface area (Å²) >= 11 is 1.46. The third-order valence-corrected chi connectivity index (χ3v) is 5.23. The van der Waals surface area contributed by atoms with Gasteiger partial charge < -0.3 is 19.9 Å². The number of ether oxygens (including phenoxy) is 1. The standard InChI is InChI=1S/C20H23N7O3S/c1-29-10-8-22-18-14-12-23-27(19(14)25-20(24-18)31-2)9-7-21-17(28)11-15-13-5-3-4-6-16(13)30-26-15/h3-6,12H,7-11H2,1-2H3,(H,21,28)(H,22,24,25). The molecule has 0 spiro atoms. The monoisotopic (exact) mass is 441 g/mol. The van der Waals surface area contributed by atoms with Gasteiger partial charge in [-0.25, -0.2) is 14.6 Å². The summed E-state index contributed by atoms with van der Waals surface area (Å²) in [6.07, 6.45) is 3.82. The number of nitrogens with zero attached hydrogens (tertiary/aromatic N) is 5. The van der Waals surface area contributed by atoms with Crippen molar-refractivity contribution in [3.8, 4) is 0 Å². The van der Waals surface area contributed by atoms with Gasteiger partial charge in [0.25, 0.3) is 0 Å². The minimum absolute atomic E-state index is 0.128. The molecule has 10 nitrogen and oxygen atoms in total. The number of benzene rings is 1. The van der Waals surface area contributed by atoms with Crippen molar-refractivity contribution in [2.24, 2.45) is 0 Å². The number of anilines is 1. The number of para-hydroxylation sites is 1. The lowest BCUT2D eigenvalue weighted by Crippen LogP contribution is -2.29. The molecule has 31 heavy (non-hydrogen) atoms. The van der Waals surface area contributed by atoms with Crippen LogP contribution < -0.4 is 10.6 Å². The van der Waals surface area contributed by atoms with Gasteiger partial charge >= 0.3 is 0 Å². The smallest absolute Gasteiger partial charge is 0.226 e. The summed E-state index contributed by atoms with van der Waals surface area (Å²) in [6, 6.07) is 7.49. The van der Waals surface area contributed by atoms with Gasteiger partial charge in [0, 0.05) is 25.6 Å². The number of hydrogen-bond acceptors (Lipinski definition) is 9. The van der Waals surface area contributed by atoms with Gasteiger partial charge in [-0.05, 0) is 18.4 Å². The fourth-order valence-electron chi connectivity index (χ4n) is 3.18. The van der Waals surface area contributed by atoms with Crippen LogP contribution in [-0.2, 0) is 22.5 Å². The maximum absolute atomic E-state index is 12.4. The number of aromatic nitrogens is 5. The van der Waals surface area contributed by atoms with Crippen LogP contribution in [0.25, 0.3) is 22.0 Å². The summed E-state index contributed by atoms with van der Waals surface area (Å²) in [5.74, 6) is 0.594. The van der Waals surface area contributed by atoms with Crippen LogP contribution in [0.4, 0.5) is 5.82 Å². The molecule has 1 aromatic carbocycles. The number of rotatable bonds is 10. The van der Waals surface area contributed by atoms with Crippen molar-refractivity contribution >= 4 is 45.5 Å². The number of amides is 1. The van der Waals surface area contributed by atoms with E-state index in [-0.39, 0.29) is 12.3 Å². The zero-order chi connectivity index (χ0) is 21.6. The Labute approximate surface area is 182 Å². The average Bonchev–Trinajstić information content (AvgIpc) is 3.38. The Kier molecular flexibility index (Phi) is 6.63. The second kappa shape index (κ2) is 9.75.